The fourth-order valence-corrected chi connectivity index (χ4v) is 2.09. The molecular formula is C10H21N3O. The van der Waals surface area contributed by atoms with Crippen molar-refractivity contribution < 1.29 is 4.79 Å². The normalized spacial score (nSPS) is 27.3. The highest BCUT2D eigenvalue weighted by Gasteiger charge is 2.28. The number of rotatable bonds is 2. The first kappa shape index (κ1) is 11.5. The summed E-state index contributed by atoms with van der Waals surface area (Å²) in [5, 5.41) is 2.70. The highest BCUT2D eigenvalue weighted by atomic mass is 16.2. The van der Waals surface area contributed by atoms with Crippen LogP contribution in [0.3, 0.4) is 0 Å². The third kappa shape index (κ3) is 2.45. The molecule has 1 heterocycles. The Labute approximate surface area is 86.2 Å². The van der Waals surface area contributed by atoms with Crippen molar-refractivity contribution in [2.45, 2.75) is 25.9 Å². The number of amides is 1. The Bertz CT molecular complexity index is 208. The van der Waals surface area contributed by atoms with Gasteiger partial charge in [-0.25, -0.2) is 0 Å². The van der Waals surface area contributed by atoms with Crippen molar-refractivity contribution in [1.29, 1.82) is 0 Å². The van der Waals surface area contributed by atoms with E-state index in [2.05, 4.69) is 29.1 Å². The van der Waals surface area contributed by atoms with Crippen molar-refractivity contribution in [2.75, 3.05) is 33.7 Å². The Hall–Kier alpha value is -0.610. The minimum atomic E-state index is -0.0105. The lowest BCUT2D eigenvalue weighted by molar-refractivity contribution is -0.127. The standard InChI is InChI=1S/C10H21N3O/c1-8-7-12(4)5-6-13(8)9(2)10(14)11-3/h8-9H,5-7H2,1-4H3,(H,11,14)/t8-,9?/m1/s1. The van der Waals surface area contributed by atoms with Crippen LogP contribution in [0.1, 0.15) is 13.8 Å². The molecule has 0 aromatic heterocycles. The minimum absolute atomic E-state index is 0.0105. The van der Waals surface area contributed by atoms with Gasteiger partial charge in [0.25, 0.3) is 0 Å². The summed E-state index contributed by atoms with van der Waals surface area (Å²) in [5.74, 6) is 0.112. The zero-order chi connectivity index (χ0) is 10.7. The molecule has 1 aliphatic heterocycles. The first-order chi connectivity index (χ1) is 6.56. The van der Waals surface area contributed by atoms with E-state index in [9.17, 15) is 4.79 Å². The van der Waals surface area contributed by atoms with Gasteiger partial charge >= 0.3 is 0 Å². The van der Waals surface area contributed by atoms with Gasteiger partial charge in [0.1, 0.15) is 0 Å². The fraction of sp³-hybridized carbons (Fsp3) is 0.900. The fourth-order valence-electron chi connectivity index (χ4n) is 2.09. The maximum Gasteiger partial charge on any atom is 0.236 e. The average Bonchev–Trinajstić information content (AvgIpc) is 2.15. The molecule has 4 nitrogen and oxygen atoms in total. The van der Waals surface area contributed by atoms with E-state index in [-0.39, 0.29) is 11.9 Å². The molecule has 4 heteroatoms. The van der Waals surface area contributed by atoms with Crippen molar-refractivity contribution in [2.24, 2.45) is 0 Å². The SMILES string of the molecule is CNC(=O)C(C)N1CCN(C)C[C@H]1C. The molecule has 1 amide bonds. The Kier molecular flexibility index (Phi) is 3.89. The zero-order valence-electron chi connectivity index (χ0n) is 9.58. The van der Waals surface area contributed by atoms with Crippen molar-refractivity contribution >= 4 is 5.91 Å². The second kappa shape index (κ2) is 4.75. The predicted octanol–water partition coefficient (Wildman–Crippen LogP) is -0.243. The largest absolute Gasteiger partial charge is 0.358 e. The minimum Gasteiger partial charge on any atom is -0.358 e. The molecule has 0 bridgehead atoms. The van der Waals surface area contributed by atoms with Crippen LogP contribution in [0.4, 0.5) is 0 Å². The van der Waals surface area contributed by atoms with Crippen LogP contribution in [-0.2, 0) is 4.79 Å². The quantitative estimate of drug-likeness (QED) is 0.666. The van der Waals surface area contributed by atoms with Crippen LogP contribution < -0.4 is 5.32 Å². The van der Waals surface area contributed by atoms with E-state index < -0.39 is 0 Å². The highest BCUT2D eigenvalue weighted by molar-refractivity contribution is 5.81. The summed E-state index contributed by atoms with van der Waals surface area (Å²) in [6.07, 6.45) is 0. The van der Waals surface area contributed by atoms with E-state index in [1.165, 1.54) is 0 Å². The van der Waals surface area contributed by atoms with Gasteiger partial charge in [0, 0.05) is 32.7 Å². The van der Waals surface area contributed by atoms with Gasteiger partial charge in [-0.05, 0) is 20.9 Å². The van der Waals surface area contributed by atoms with Gasteiger partial charge in [-0.3, -0.25) is 9.69 Å². The summed E-state index contributed by atoms with van der Waals surface area (Å²) in [6, 6.07) is 0.449. The molecule has 0 aromatic rings. The predicted molar refractivity (Wildman–Crippen MR) is 57.2 cm³/mol. The molecule has 2 atom stereocenters. The molecule has 0 aliphatic carbocycles. The second-order valence-electron chi connectivity index (χ2n) is 4.14. The molecule has 1 N–H and O–H groups in total. The molecule has 14 heavy (non-hydrogen) atoms. The number of nitrogens with zero attached hydrogens (tertiary/aromatic N) is 2. The van der Waals surface area contributed by atoms with Gasteiger partial charge in [-0.2, -0.15) is 0 Å². The molecule has 1 fully saturated rings. The smallest absolute Gasteiger partial charge is 0.236 e. The molecule has 1 rings (SSSR count). The van der Waals surface area contributed by atoms with E-state index in [0.717, 1.165) is 19.6 Å². The first-order valence-corrected chi connectivity index (χ1v) is 5.22. The molecular weight excluding hydrogens is 178 g/mol. The topological polar surface area (TPSA) is 35.6 Å². The lowest BCUT2D eigenvalue weighted by Crippen LogP contribution is -2.57. The highest BCUT2D eigenvalue weighted by Crippen LogP contribution is 2.11. The van der Waals surface area contributed by atoms with Gasteiger partial charge < -0.3 is 10.2 Å². The molecule has 0 aromatic carbocycles. The van der Waals surface area contributed by atoms with Crippen molar-refractivity contribution in [3.63, 3.8) is 0 Å². The third-order valence-electron chi connectivity index (χ3n) is 3.01. The molecule has 0 saturated carbocycles. The van der Waals surface area contributed by atoms with E-state index in [0.29, 0.717) is 6.04 Å². The van der Waals surface area contributed by atoms with Crippen LogP contribution in [0.5, 0.6) is 0 Å². The van der Waals surface area contributed by atoms with Crippen LogP contribution in [0, 0.1) is 0 Å². The van der Waals surface area contributed by atoms with Crippen LogP contribution >= 0.6 is 0 Å². The number of nitrogens with one attached hydrogen (secondary N) is 1. The summed E-state index contributed by atoms with van der Waals surface area (Å²) in [4.78, 5) is 16.0. The van der Waals surface area contributed by atoms with E-state index in [1.54, 1.807) is 7.05 Å². The monoisotopic (exact) mass is 199 g/mol. The van der Waals surface area contributed by atoms with Crippen LogP contribution in [0.25, 0.3) is 0 Å². The molecule has 1 unspecified atom stereocenters. The van der Waals surface area contributed by atoms with Gasteiger partial charge in [0.15, 0.2) is 0 Å². The number of piperazine rings is 1. The molecule has 1 aliphatic rings. The summed E-state index contributed by atoms with van der Waals surface area (Å²) in [7, 11) is 3.82. The van der Waals surface area contributed by atoms with Gasteiger partial charge in [-0.1, -0.05) is 0 Å². The lowest BCUT2D eigenvalue weighted by Gasteiger charge is -2.40. The number of hydrogen-bond acceptors (Lipinski definition) is 3. The number of carbonyl (C=O) groups is 1. The second-order valence-corrected chi connectivity index (χ2v) is 4.14. The van der Waals surface area contributed by atoms with Crippen molar-refractivity contribution in [3.8, 4) is 0 Å². The maximum atomic E-state index is 11.5. The average molecular weight is 199 g/mol. The maximum absolute atomic E-state index is 11.5. The van der Waals surface area contributed by atoms with Crippen LogP contribution in [0.2, 0.25) is 0 Å². The zero-order valence-corrected chi connectivity index (χ0v) is 9.58. The van der Waals surface area contributed by atoms with Crippen molar-refractivity contribution in [1.82, 2.24) is 15.1 Å². The lowest BCUT2D eigenvalue weighted by atomic mass is 10.1. The van der Waals surface area contributed by atoms with Crippen LogP contribution in [0.15, 0.2) is 0 Å². The number of carbonyl (C=O) groups excluding carboxylic acids is 1. The summed E-state index contributed by atoms with van der Waals surface area (Å²) in [5.41, 5.74) is 0. The first-order valence-electron chi connectivity index (χ1n) is 5.22. The molecule has 82 valence electrons. The molecule has 1 saturated heterocycles. The molecule has 0 spiro atoms. The summed E-state index contributed by atoms with van der Waals surface area (Å²) >= 11 is 0. The van der Waals surface area contributed by atoms with Crippen molar-refractivity contribution in [3.05, 3.63) is 0 Å². The number of hydrogen-bond donors (Lipinski definition) is 1. The van der Waals surface area contributed by atoms with E-state index >= 15 is 0 Å². The van der Waals surface area contributed by atoms with E-state index in [1.807, 2.05) is 6.92 Å². The van der Waals surface area contributed by atoms with Gasteiger partial charge in [0.2, 0.25) is 5.91 Å². The van der Waals surface area contributed by atoms with Gasteiger partial charge in [0.05, 0.1) is 6.04 Å². The Morgan fingerprint density at radius 3 is 2.64 bits per heavy atom. The molecule has 0 radical (unpaired) electrons. The summed E-state index contributed by atoms with van der Waals surface area (Å²) < 4.78 is 0. The Morgan fingerprint density at radius 2 is 2.14 bits per heavy atom. The van der Waals surface area contributed by atoms with Crippen LogP contribution in [-0.4, -0.2) is 61.5 Å². The Balaban J connectivity index is 2.55. The Morgan fingerprint density at radius 1 is 1.50 bits per heavy atom. The van der Waals surface area contributed by atoms with Gasteiger partial charge in [-0.15, -0.1) is 0 Å². The number of likely N-dealkylation sites (N-methyl/N-ethyl adjacent to an activating group) is 2. The summed E-state index contributed by atoms with van der Waals surface area (Å²) in [6.45, 7) is 7.22. The van der Waals surface area contributed by atoms with E-state index in [4.69, 9.17) is 0 Å². The third-order valence-corrected chi connectivity index (χ3v) is 3.01.